The van der Waals surface area contributed by atoms with Crippen LogP contribution in [0.2, 0.25) is 0 Å². The van der Waals surface area contributed by atoms with Crippen LogP contribution < -0.4 is 5.32 Å². The van der Waals surface area contributed by atoms with Crippen molar-refractivity contribution in [1.82, 2.24) is 10.2 Å². The first-order chi connectivity index (χ1) is 9.77. The fraction of sp³-hybridized carbons (Fsp3) is 0.875. The topological polar surface area (TPSA) is 56.1 Å². The van der Waals surface area contributed by atoms with Crippen molar-refractivity contribution in [3.05, 3.63) is 0 Å². The van der Waals surface area contributed by atoms with Gasteiger partial charge >= 0.3 is 0 Å². The van der Waals surface area contributed by atoms with E-state index in [0.29, 0.717) is 6.54 Å². The van der Waals surface area contributed by atoms with Crippen LogP contribution in [0.15, 0.2) is 0 Å². The molecular weight excluding hydrogens is 250 g/mol. The molecule has 20 heavy (non-hydrogen) atoms. The third kappa shape index (κ3) is 3.96. The molecule has 0 radical (unpaired) electrons. The normalized spacial score (nSPS) is 23.6. The van der Waals surface area contributed by atoms with E-state index in [0.717, 1.165) is 58.2 Å². The number of nitrogens with one attached hydrogen (secondary N) is 1. The predicted molar refractivity (Wildman–Crippen MR) is 79.0 cm³/mol. The Labute approximate surface area is 122 Å². The zero-order valence-electron chi connectivity index (χ0n) is 12.5. The van der Waals surface area contributed by atoms with Crippen LogP contribution in [0.25, 0.3) is 0 Å². The van der Waals surface area contributed by atoms with Crippen molar-refractivity contribution in [2.75, 3.05) is 26.2 Å². The SMILES string of the molecule is N#CC1(C(=O)NCCN2CCCCC2)CCCCCC1. The molecule has 2 rings (SSSR count). The lowest BCUT2D eigenvalue weighted by atomic mass is 9.81. The second-order valence-corrected chi connectivity index (χ2v) is 6.27. The maximum Gasteiger partial charge on any atom is 0.240 e. The number of rotatable bonds is 4. The van der Waals surface area contributed by atoms with Crippen LogP contribution in [-0.4, -0.2) is 37.0 Å². The lowest BCUT2D eigenvalue weighted by Gasteiger charge is -2.28. The minimum atomic E-state index is -0.752. The average Bonchev–Trinajstić information content (AvgIpc) is 2.74. The highest BCUT2D eigenvalue weighted by molar-refractivity contribution is 5.85. The smallest absolute Gasteiger partial charge is 0.240 e. The van der Waals surface area contributed by atoms with Crippen LogP contribution in [0.1, 0.15) is 57.8 Å². The van der Waals surface area contributed by atoms with Crippen LogP contribution in [0.3, 0.4) is 0 Å². The van der Waals surface area contributed by atoms with Gasteiger partial charge in [-0.05, 0) is 38.8 Å². The number of hydrogen-bond acceptors (Lipinski definition) is 3. The Bertz CT molecular complexity index is 347. The van der Waals surface area contributed by atoms with Gasteiger partial charge in [-0.25, -0.2) is 0 Å². The first kappa shape index (κ1) is 15.3. The van der Waals surface area contributed by atoms with E-state index >= 15 is 0 Å². The summed E-state index contributed by atoms with van der Waals surface area (Å²) in [6, 6.07) is 2.32. The van der Waals surface area contributed by atoms with Crippen molar-refractivity contribution in [2.45, 2.75) is 57.8 Å². The van der Waals surface area contributed by atoms with Gasteiger partial charge in [0.05, 0.1) is 6.07 Å². The summed E-state index contributed by atoms with van der Waals surface area (Å²) in [6.07, 6.45) is 9.68. The van der Waals surface area contributed by atoms with Crippen molar-refractivity contribution in [2.24, 2.45) is 5.41 Å². The Balaban J connectivity index is 1.78. The molecule has 1 amide bonds. The Hall–Kier alpha value is -1.08. The molecule has 112 valence electrons. The Morgan fingerprint density at radius 3 is 2.25 bits per heavy atom. The fourth-order valence-electron chi connectivity index (χ4n) is 3.40. The summed E-state index contributed by atoms with van der Waals surface area (Å²) in [4.78, 5) is 14.8. The second-order valence-electron chi connectivity index (χ2n) is 6.27. The number of likely N-dealkylation sites (tertiary alicyclic amines) is 1. The van der Waals surface area contributed by atoms with Gasteiger partial charge in [0.2, 0.25) is 5.91 Å². The molecule has 1 saturated carbocycles. The zero-order valence-corrected chi connectivity index (χ0v) is 12.5. The molecule has 0 spiro atoms. The van der Waals surface area contributed by atoms with Gasteiger partial charge < -0.3 is 10.2 Å². The molecule has 1 aliphatic carbocycles. The molecular formula is C16H27N3O. The van der Waals surface area contributed by atoms with Gasteiger partial charge in [0, 0.05) is 13.1 Å². The van der Waals surface area contributed by atoms with E-state index in [2.05, 4.69) is 16.3 Å². The van der Waals surface area contributed by atoms with Crippen molar-refractivity contribution >= 4 is 5.91 Å². The quantitative estimate of drug-likeness (QED) is 0.803. The second kappa shape index (κ2) is 7.64. The van der Waals surface area contributed by atoms with Crippen LogP contribution in [-0.2, 0) is 4.79 Å². The summed E-state index contributed by atoms with van der Waals surface area (Å²) in [7, 11) is 0. The van der Waals surface area contributed by atoms with Crippen LogP contribution in [0.4, 0.5) is 0 Å². The Morgan fingerprint density at radius 1 is 1.05 bits per heavy atom. The lowest BCUT2D eigenvalue weighted by molar-refractivity contribution is -0.128. The van der Waals surface area contributed by atoms with E-state index in [1.165, 1.54) is 19.3 Å². The maximum atomic E-state index is 12.4. The highest BCUT2D eigenvalue weighted by Gasteiger charge is 2.38. The maximum absolute atomic E-state index is 12.4. The van der Waals surface area contributed by atoms with Crippen molar-refractivity contribution < 1.29 is 4.79 Å². The van der Waals surface area contributed by atoms with E-state index in [1.807, 2.05) is 0 Å². The summed E-state index contributed by atoms with van der Waals surface area (Å²) >= 11 is 0. The first-order valence-electron chi connectivity index (χ1n) is 8.19. The Morgan fingerprint density at radius 2 is 1.65 bits per heavy atom. The van der Waals surface area contributed by atoms with E-state index in [1.54, 1.807) is 0 Å². The number of nitrogens with zero attached hydrogens (tertiary/aromatic N) is 2. The van der Waals surface area contributed by atoms with Gasteiger partial charge in [0.15, 0.2) is 0 Å². The molecule has 2 fully saturated rings. The van der Waals surface area contributed by atoms with E-state index in [4.69, 9.17) is 0 Å². The largest absolute Gasteiger partial charge is 0.353 e. The van der Waals surface area contributed by atoms with Crippen LogP contribution in [0, 0.1) is 16.7 Å². The summed E-state index contributed by atoms with van der Waals surface area (Å²) in [5.74, 6) is -0.0288. The van der Waals surface area contributed by atoms with E-state index in [-0.39, 0.29) is 5.91 Å². The molecule has 0 bridgehead atoms. The van der Waals surface area contributed by atoms with Crippen LogP contribution >= 0.6 is 0 Å². The van der Waals surface area contributed by atoms with Gasteiger partial charge in [0.1, 0.15) is 5.41 Å². The fourth-order valence-corrected chi connectivity index (χ4v) is 3.40. The highest BCUT2D eigenvalue weighted by atomic mass is 16.2. The number of amides is 1. The van der Waals surface area contributed by atoms with Crippen LogP contribution in [0.5, 0.6) is 0 Å². The molecule has 1 saturated heterocycles. The molecule has 1 N–H and O–H groups in total. The number of hydrogen-bond donors (Lipinski definition) is 1. The molecule has 0 unspecified atom stereocenters. The highest BCUT2D eigenvalue weighted by Crippen LogP contribution is 2.34. The molecule has 4 heteroatoms. The summed E-state index contributed by atoms with van der Waals surface area (Å²) < 4.78 is 0. The first-order valence-corrected chi connectivity index (χ1v) is 8.19. The van der Waals surface area contributed by atoms with Gasteiger partial charge in [0.25, 0.3) is 0 Å². The monoisotopic (exact) mass is 277 g/mol. The summed E-state index contributed by atoms with van der Waals surface area (Å²) in [6.45, 7) is 3.91. The number of piperidine rings is 1. The summed E-state index contributed by atoms with van der Waals surface area (Å²) in [5, 5.41) is 12.5. The minimum Gasteiger partial charge on any atom is -0.353 e. The number of carbonyl (C=O) groups excluding carboxylic acids is 1. The third-order valence-corrected chi connectivity index (χ3v) is 4.77. The molecule has 2 aliphatic rings. The average molecular weight is 277 g/mol. The molecule has 0 aromatic carbocycles. The van der Waals surface area contributed by atoms with E-state index < -0.39 is 5.41 Å². The number of carbonyl (C=O) groups is 1. The minimum absolute atomic E-state index is 0.0288. The number of nitriles is 1. The molecule has 4 nitrogen and oxygen atoms in total. The molecule has 1 aliphatic heterocycles. The van der Waals surface area contributed by atoms with Crippen molar-refractivity contribution in [3.63, 3.8) is 0 Å². The third-order valence-electron chi connectivity index (χ3n) is 4.77. The zero-order chi connectivity index (χ0) is 14.3. The molecule has 0 aromatic rings. The molecule has 0 aromatic heterocycles. The molecule has 0 atom stereocenters. The summed E-state index contributed by atoms with van der Waals surface area (Å²) in [5.41, 5.74) is -0.752. The lowest BCUT2D eigenvalue weighted by Crippen LogP contribution is -2.44. The Kier molecular flexibility index (Phi) is 5.85. The van der Waals surface area contributed by atoms with Gasteiger partial charge in [-0.2, -0.15) is 5.26 Å². The standard InChI is InChI=1S/C16H27N3O/c17-14-16(8-4-1-2-5-9-16)15(20)18-10-13-19-11-6-3-7-12-19/h1-13H2,(H,18,20). The van der Waals surface area contributed by atoms with Crippen molar-refractivity contribution in [1.29, 1.82) is 5.26 Å². The van der Waals surface area contributed by atoms with Gasteiger partial charge in [-0.3, -0.25) is 4.79 Å². The predicted octanol–water partition coefficient (Wildman–Crippen LogP) is 2.45. The van der Waals surface area contributed by atoms with E-state index in [9.17, 15) is 10.1 Å². The van der Waals surface area contributed by atoms with Crippen molar-refractivity contribution in [3.8, 4) is 6.07 Å². The van der Waals surface area contributed by atoms with Gasteiger partial charge in [-0.1, -0.05) is 32.1 Å². The van der Waals surface area contributed by atoms with Gasteiger partial charge in [-0.15, -0.1) is 0 Å². The molecule has 1 heterocycles.